The Morgan fingerprint density at radius 2 is 2.12 bits per heavy atom. The first kappa shape index (κ1) is 17.5. The SMILES string of the molecule is O=S(=O)(c1cc(F)ccc1F)N(Cc1cccs1)CC1CCCO1. The molecule has 1 saturated heterocycles. The summed E-state index contributed by atoms with van der Waals surface area (Å²) in [6, 6.07) is 6.08. The van der Waals surface area contributed by atoms with E-state index >= 15 is 0 Å². The van der Waals surface area contributed by atoms with E-state index in [1.54, 1.807) is 0 Å². The van der Waals surface area contributed by atoms with Crippen LogP contribution in [0.15, 0.2) is 40.6 Å². The first-order valence-electron chi connectivity index (χ1n) is 7.56. The minimum Gasteiger partial charge on any atom is -0.377 e. The molecule has 0 saturated carbocycles. The van der Waals surface area contributed by atoms with Crippen molar-refractivity contribution in [3.63, 3.8) is 0 Å². The average Bonchev–Trinajstić information content (AvgIpc) is 3.22. The number of rotatable bonds is 6. The molecule has 2 aromatic rings. The number of hydrogen-bond acceptors (Lipinski definition) is 4. The van der Waals surface area contributed by atoms with E-state index < -0.39 is 26.6 Å². The summed E-state index contributed by atoms with van der Waals surface area (Å²) in [7, 11) is -4.17. The normalized spacial score (nSPS) is 18.4. The molecule has 1 aromatic heterocycles. The van der Waals surface area contributed by atoms with E-state index in [1.165, 1.54) is 15.6 Å². The molecule has 24 heavy (non-hydrogen) atoms. The maximum atomic E-state index is 14.0. The summed E-state index contributed by atoms with van der Waals surface area (Å²) in [4.78, 5) is 0.186. The van der Waals surface area contributed by atoms with Crippen LogP contribution in [-0.2, 0) is 21.3 Å². The largest absolute Gasteiger partial charge is 0.377 e. The minimum atomic E-state index is -4.17. The Labute approximate surface area is 143 Å². The summed E-state index contributed by atoms with van der Waals surface area (Å²) in [5, 5.41) is 1.84. The molecule has 0 amide bonds. The van der Waals surface area contributed by atoms with Gasteiger partial charge in [-0.25, -0.2) is 17.2 Å². The highest BCUT2D eigenvalue weighted by Gasteiger charge is 2.31. The molecule has 130 valence electrons. The molecule has 1 atom stereocenters. The fourth-order valence-corrected chi connectivity index (χ4v) is 4.98. The fraction of sp³-hybridized carbons (Fsp3) is 0.375. The van der Waals surface area contributed by atoms with Crippen molar-refractivity contribution < 1.29 is 21.9 Å². The zero-order valence-electron chi connectivity index (χ0n) is 12.8. The number of hydrogen-bond donors (Lipinski definition) is 0. The number of nitrogens with zero attached hydrogens (tertiary/aromatic N) is 1. The van der Waals surface area contributed by atoms with Gasteiger partial charge in [-0.1, -0.05) is 6.07 Å². The zero-order valence-corrected chi connectivity index (χ0v) is 14.5. The van der Waals surface area contributed by atoms with E-state index in [4.69, 9.17) is 4.74 Å². The predicted octanol–water partition coefficient (Wildman–Crippen LogP) is 3.40. The molecule has 0 bridgehead atoms. The molecule has 1 aromatic carbocycles. The number of halogens is 2. The van der Waals surface area contributed by atoms with Gasteiger partial charge < -0.3 is 4.74 Å². The Bertz CT molecular complexity index is 788. The van der Waals surface area contributed by atoms with Gasteiger partial charge >= 0.3 is 0 Å². The van der Waals surface area contributed by atoms with E-state index in [9.17, 15) is 17.2 Å². The van der Waals surface area contributed by atoms with Crippen molar-refractivity contribution in [2.24, 2.45) is 0 Å². The van der Waals surface area contributed by atoms with Gasteiger partial charge in [0.25, 0.3) is 0 Å². The van der Waals surface area contributed by atoms with Crippen molar-refractivity contribution in [3.8, 4) is 0 Å². The lowest BCUT2D eigenvalue weighted by Gasteiger charge is -2.24. The van der Waals surface area contributed by atoms with Crippen LogP contribution in [0, 0.1) is 11.6 Å². The van der Waals surface area contributed by atoms with Gasteiger partial charge in [0.1, 0.15) is 16.5 Å². The smallest absolute Gasteiger partial charge is 0.246 e. The number of sulfonamides is 1. The summed E-state index contributed by atoms with van der Waals surface area (Å²) >= 11 is 1.41. The second kappa shape index (κ2) is 7.26. The second-order valence-corrected chi connectivity index (χ2v) is 8.53. The molecule has 1 unspecified atom stereocenters. The third-order valence-corrected chi connectivity index (χ3v) is 6.54. The van der Waals surface area contributed by atoms with Crippen molar-refractivity contribution in [1.29, 1.82) is 0 Å². The van der Waals surface area contributed by atoms with Gasteiger partial charge in [-0.05, 0) is 42.5 Å². The van der Waals surface area contributed by atoms with Crippen LogP contribution < -0.4 is 0 Å². The van der Waals surface area contributed by atoms with Crippen molar-refractivity contribution >= 4 is 21.4 Å². The maximum Gasteiger partial charge on any atom is 0.246 e. The first-order valence-corrected chi connectivity index (χ1v) is 9.88. The molecule has 2 heterocycles. The molecule has 3 rings (SSSR count). The van der Waals surface area contributed by atoms with Gasteiger partial charge in [-0.2, -0.15) is 4.31 Å². The lowest BCUT2D eigenvalue weighted by molar-refractivity contribution is 0.0927. The van der Waals surface area contributed by atoms with Crippen LogP contribution in [0.4, 0.5) is 8.78 Å². The maximum absolute atomic E-state index is 14.0. The van der Waals surface area contributed by atoms with Crippen molar-refractivity contribution in [2.45, 2.75) is 30.4 Å². The molecule has 0 N–H and O–H groups in total. The Balaban J connectivity index is 1.94. The van der Waals surface area contributed by atoms with Gasteiger partial charge in [0.15, 0.2) is 0 Å². The van der Waals surface area contributed by atoms with Crippen LogP contribution in [0.1, 0.15) is 17.7 Å². The molecule has 4 nitrogen and oxygen atoms in total. The average molecular weight is 373 g/mol. The molecule has 0 spiro atoms. The summed E-state index contributed by atoms with van der Waals surface area (Å²) in [5.74, 6) is -1.75. The monoisotopic (exact) mass is 373 g/mol. The van der Waals surface area contributed by atoms with Gasteiger partial charge in [-0.15, -0.1) is 11.3 Å². The fourth-order valence-electron chi connectivity index (χ4n) is 2.65. The highest BCUT2D eigenvalue weighted by molar-refractivity contribution is 7.89. The van der Waals surface area contributed by atoms with E-state index in [0.717, 1.165) is 35.9 Å². The number of ether oxygens (including phenoxy) is 1. The Morgan fingerprint density at radius 1 is 1.29 bits per heavy atom. The first-order chi connectivity index (χ1) is 11.5. The Hall–Kier alpha value is -1.35. The van der Waals surface area contributed by atoms with Crippen molar-refractivity contribution in [1.82, 2.24) is 4.31 Å². The van der Waals surface area contributed by atoms with Gasteiger partial charge in [0.05, 0.1) is 6.10 Å². The minimum absolute atomic E-state index is 0.107. The third kappa shape index (κ3) is 3.83. The molecular formula is C16H17F2NO3S2. The van der Waals surface area contributed by atoms with Crippen LogP contribution in [0.2, 0.25) is 0 Å². The van der Waals surface area contributed by atoms with Crippen molar-refractivity contribution in [2.75, 3.05) is 13.2 Å². The third-order valence-electron chi connectivity index (χ3n) is 3.85. The van der Waals surface area contributed by atoms with Crippen LogP contribution in [0.25, 0.3) is 0 Å². The standard InChI is InChI=1S/C16H17F2NO3S2/c17-12-5-6-15(18)16(9-12)24(20,21)19(10-13-3-1-7-22-13)11-14-4-2-8-23-14/h2,4-6,8-9,13H,1,3,7,10-11H2. The second-order valence-electron chi connectivity index (χ2n) is 5.59. The van der Waals surface area contributed by atoms with Crippen LogP contribution >= 0.6 is 11.3 Å². The molecule has 8 heteroatoms. The summed E-state index contributed by atoms with van der Waals surface area (Å²) < 4.78 is 59.9. The molecular weight excluding hydrogens is 356 g/mol. The van der Waals surface area contributed by atoms with Gasteiger partial charge in [-0.3, -0.25) is 0 Å². The lowest BCUT2D eigenvalue weighted by Crippen LogP contribution is -2.37. The predicted molar refractivity (Wildman–Crippen MR) is 87.2 cm³/mol. The van der Waals surface area contributed by atoms with E-state index in [1.807, 2.05) is 17.5 Å². The Kier molecular flexibility index (Phi) is 5.29. The van der Waals surface area contributed by atoms with Crippen LogP contribution in [0.5, 0.6) is 0 Å². The Morgan fingerprint density at radius 3 is 2.79 bits per heavy atom. The molecule has 1 fully saturated rings. The van der Waals surface area contributed by atoms with Gasteiger partial charge in [0, 0.05) is 24.6 Å². The van der Waals surface area contributed by atoms with E-state index in [2.05, 4.69) is 0 Å². The number of benzene rings is 1. The lowest BCUT2D eigenvalue weighted by atomic mass is 10.2. The van der Waals surface area contributed by atoms with Crippen LogP contribution in [-0.4, -0.2) is 32.0 Å². The number of thiophene rings is 1. The van der Waals surface area contributed by atoms with E-state index in [0.29, 0.717) is 6.61 Å². The topological polar surface area (TPSA) is 46.6 Å². The molecule has 0 radical (unpaired) electrons. The van der Waals surface area contributed by atoms with Crippen LogP contribution in [0.3, 0.4) is 0 Å². The molecule has 0 aliphatic carbocycles. The summed E-state index contributed by atoms with van der Waals surface area (Å²) in [5.41, 5.74) is 0. The quantitative estimate of drug-likeness (QED) is 0.780. The summed E-state index contributed by atoms with van der Waals surface area (Å²) in [6.45, 7) is 0.817. The molecule has 1 aliphatic rings. The van der Waals surface area contributed by atoms with Gasteiger partial charge in [0.2, 0.25) is 10.0 Å². The van der Waals surface area contributed by atoms with E-state index in [-0.39, 0.29) is 19.2 Å². The molecule has 1 aliphatic heterocycles. The zero-order chi connectivity index (χ0) is 17.2. The van der Waals surface area contributed by atoms with Crippen molar-refractivity contribution in [3.05, 3.63) is 52.2 Å². The highest BCUT2D eigenvalue weighted by Crippen LogP contribution is 2.25. The summed E-state index contributed by atoms with van der Waals surface area (Å²) in [6.07, 6.45) is 1.39. The highest BCUT2D eigenvalue weighted by atomic mass is 32.2.